The number of hydrogen-bond donors (Lipinski definition) is 0. The summed E-state index contributed by atoms with van der Waals surface area (Å²) in [4.78, 5) is 14.0. The Balaban J connectivity index is 2.07. The first-order chi connectivity index (χ1) is 9.07. The largest absolute Gasteiger partial charge is 0.444 e. The first kappa shape index (κ1) is 15.6. The molecule has 0 aromatic heterocycles. The lowest BCUT2D eigenvalue weighted by Crippen LogP contribution is -2.49. The summed E-state index contributed by atoms with van der Waals surface area (Å²) in [6.07, 6.45) is 3.54. The Kier molecular flexibility index (Phi) is 4.03. The van der Waals surface area contributed by atoms with Crippen molar-refractivity contribution in [3.63, 3.8) is 0 Å². The number of nitrogens with zero attached hydrogens (tertiary/aromatic N) is 1. The highest BCUT2D eigenvalue weighted by atomic mass is 32.2. The highest BCUT2D eigenvalue weighted by Gasteiger charge is 2.49. The third-order valence-corrected chi connectivity index (χ3v) is 4.36. The van der Waals surface area contributed by atoms with Gasteiger partial charge >= 0.3 is 6.09 Å². The molecular formula is C13H23NO5S. The summed E-state index contributed by atoms with van der Waals surface area (Å²) in [6.45, 7) is 5.49. The first-order valence-electron chi connectivity index (χ1n) is 6.92. The molecule has 2 fully saturated rings. The zero-order valence-electron chi connectivity index (χ0n) is 12.5. The summed E-state index contributed by atoms with van der Waals surface area (Å²) >= 11 is 0. The SMILES string of the molecule is CC(C)(C)OC(=O)N1[C@@H]2CC[C@@H](C2)[C@H]1COS(C)(=O)=O. The Morgan fingerprint density at radius 3 is 2.50 bits per heavy atom. The second-order valence-electron chi connectivity index (χ2n) is 6.67. The van der Waals surface area contributed by atoms with Crippen molar-refractivity contribution in [2.45, 2.75) is 57.7 Å². The summed E-state index contributed by atoms with van der Waals surface area (Å²) in [7, 11) is -3.49. The van der Waals surface area contributed by atoms with Gasteiger partial charge in [0.1, 0.15) is 5.60 Å². The van der Waals surface area contributed by atoms with Gasteiger partial charge in [-0.25, -0.2) is 4.79 Å². The third kappa shape index (κ3) is 3.63. The molecule has 2 aliphatic rings. The Bertz CT molecular complexity index is 481. The topological polar surface area (TPSA) is 72.9 Å². The van der Waals surface area contributed by atoms with Crippen LogP contribution in [0, 0.1) is 5.92 Å². The van der Waals surface area contributed by atoms with Crippen LogP contribution >= 0.6 is 0 Å². The molecule has 0 spiro atoms. The molecule has 6 nitrogen and oxygen atoms in total. The fourth-order valence-corrected chi connectivity index (χ4v) is 3.49. The molecule has 20 heavy (non-hydrogen) atoms. The maximum absolute atomic E-state index is 12.3. The van der Waals surface area contributed by atoms with Gasteiger partial charge in [-0.05, 0) is 46.0 Å². The molecule has 0 radical (unpaired) electrons. The highest BCUT2D eigenvalue weighted by Crippen LogP contribution is 2.43. The molecule has 0 aromatic rings. The number of carbonyl (C=O) groups excluding carboxylic acids is 1. The molecule has 0 unspecified atom stereocenters. The van der Waals surface area contributed by atoms with E-state index in [1.54, 1.807) is 4.90 Å². The molecule has 2 rings (SSSR count). The number of carbonyl (C=O) groups is 1. The van der Waals surface area contributed by atoms with Crippen LogP contribution in [0.5, 0.6) is 0 Å². The lowest BCUT2D eigenvalue weighted by atomic mass is 10.00. The van der Waals surface area contributed by atoms with E-state index in [4.69, 9.17) is 8.92 Å². The van der Waals surface area contributed by atoms with Crippen LogP contribution in [-0.2, 0) is 19.0 Å². The van der Waals surface area contributed by atoms with Crippen molar-refractivity contribution in [2.75, 3.05) is 12.9 Å². The lowest BCUT2D eigenvalue weighted by molar-refractivity contribution is 0.00164. The van der Waals surface area contributed by atoms with Gasteiger partial charge in [-0.3, -0.25) is 9.08 Å². The molecule has 1 heterocycles. The summed E-state index contributed by atoms with van der Waals surface area (Å²) < 4.78 is 32.6. The molecule has 2 bridgehead atoms. The van der Waals surface area contributed by atoms with Crippen LogP contribution in [0.25, 0.3) is 0 Å². The van der Waals surface area contributed by atoms with Crippen LogP contribution in [0.3, 0.4) is 0 Å². The second kappa shape index (κ2) is 5.18. The van der Waals surface area contributed by atoms with Crippen molar-refractivity contribution < 1.29 is 22.1 Å². The molecule has 1 saturated heterocycles. The fraction of sp³-hybridized carbons (Fsp3) is 0.923. The third-order valence-electron chi connectivity index (χ3n) is 3.80. The minimum absolute atomic E-state index is 0.0270. The molecule has 1 amide bonds. The smallest absolute Gasteiger partial charge is 0.410 e. The summed E-state index contributed by atoms with van der Waals surface area (Å²) in [5, 5.41) is 0. The van der Waals surface area contributed by atoms with E-state index in [1.165, 1.54) is 0 Å². The van der Waals surface area contributed by atoms with Gasteiger partial charge in [-0.15, -0.1) is 0 Å². The number of fused-ring (bicyclic) bond motifs is 2. The maximum Gasteiger partial charge on any atom is 0.410 e. The molecule has 116 valence electrons. The van der Waals surface area contributed by atoms with Crippen LogP contribution in [0.2, 0.25) is 0 Å². The molecule has 1 aliphatic heterocycles. The number of piperidine rings is 1. The standard InChI is InChI=1S/C13H23NO5S/c1-13(2,3)19-12(15)14-10-6-5-9(7-10)11(14)8-18-20(4,16)17/h9-11H,5-8H2,1-4H3/t9-,10+,11+/m0/s1. The van der Waals surface area contributed by atoms with Crippen molar-refractivity contribution in [1.82, 2.24) is 4.90 Å². The van der Waals surface area contributed by atoms with E-state index >= 15 is 0 Å². The summed E-state index contributed by atoms with van der Waals surface area (Å²) in [6, 6.07) is -0.0404. The van der Waals surface area contributed by atoms with Gasteiger partial charge in [0, 0.05) is 6.04 Å². The Morgan fingerprint density at radius 2 is 1.95 bits per heavy atom. The molecule has 1 saturated carbocycles. The van der Waals surface area contributed by atoms with Gasteiger partial charge in [0.05, 0.1) is 18.9 Å². The Hall–Kier alpha value is -0.820. The number of amides is 1. The number of hydrogen-bond acceptors (Lipinski definition) is 5. The normalized spacial score (nSPS) is 29.8. The molecule has 1 aliphatic carbocycles. The Labute approximate surface area is 120 Å². The van der Waals surface area contributed by atoms with Gasteiger partial charge in [0.25, 0.3) is 10.1 Å². The molecule has 3 atom stereocenters. The summed E-state index contributed by atoms with van der Waals surface area (Å²) in [5.74, 6) is 0.314. The van der Waals surface area contributed by atoms with Crippen LogP contribution in [-0.4, -0.2) is 50.0 Å². The second-order valence-corrected chi connectivity index (χ2v) is 8.31. The van der Waals surface area contributed by atoms with Crippen molar-refractivity contribution in [3.05, 3.63) is 0 Å². The van der Waals surface area contributed by atoms with Gasteiger partial charge in [0.2, 0.25) is 0 Å². The lowest BCUT2D eigenvalue weighted by Gasteiger charge is -2.36. The van der Waals surface area contributed by atoms with E-state index in [1.807, 2.05) is 20.8 Å². The van der Waals surface area contributed by atoms with Crippen LogP contribution in [0.4, 0.5) is 4.79 Å². The van der Waals surface area contributed by atoms with E-state index in [0.29, 0.717) is 5.92 Å². The van der Waals surface area contributed by atoms with Crippen LogP contribution in [0.15, 0.2) is 0 Å². The van der Waals surface area contributed by atoms with E-state index in [0.717, 1.165) is 25.5 Å². The fourth-order valence-electron chi connectivity index (χ4n) is 3.10. The summed E-state index contributed by atoms with van der Waals surface area (Å²) in [5.41, 5.74) is -0.554. The number of rotatable bonds is 3. The van der Waals surface area contributed by atoms with E-state index in [-0.39, 0.29) is 24.8 Å². The predicted octanol–water partition coefficient (Wildman–Crippen LogP) is 1.75. The monoisotopic (exact) mass is 305 g/mol. The van der Waals surface area contributed by atoms with Crippen molar-refractivity contribution in [1.29, 1.82) is 0 Å². The minimum atomic E-state index is -3.49. The highest BCUT2D eigenvalue weighted by molar-refractivity contribution is 7.85. The zero-order chi connectivity index (χ0) is 15.1. The Morgan fingerprint density at radius 1 is 1.30 bits per heavy atom. The molecule has 0 aromatic carbocycles. The first-order valence-corrected chi connectivity index (χ1v) is 8.74. The molecule has 0 N–H and O–H groups in total. The predicted molar refractivity (Wildman–Crippen MR) is 73.8 cm³/mol. The van der Waals surface area contributed by atoms with Crippen LogP contribution in [0.1, 0.15) is 40.0 Å². The quantitative estimate of drug-likeness (QED) is 0.743. The molecular weight excluding hydrogens is 282 g/mol. The average Bonchev–Trinajstić information content (AvgIpc) is 2.81. The van der Waals surface area contributed by atoms with Crippen molar-refractivity contribution >= 4 is 16.2 Å². The minimum Gasteiger partial charge on any atom is -0.444 e. The van der Waals surface area contributed by atoms with Gasteiger partial charge < -0.3 is 4.74 Å². The van der Waals surface area contributed by atoms with Gasteiger partial charge in [0.15, 0.2) is 0 Å². The molecule has 7 heteroatoms. The van der Waals surface area contributed by atoms with Crippen molar-refractivity contribution in [2.24, 2.45) is 5.92 Å². The van der Waals surface area contributed by atoms with Crippen molar-refractivity contribution in [3.8, 4) is 0 Å². The zero-order valence-corrected chi connectivity index (χ0v) is 13.3. The van der Waals surface area contributed by atoms with Crippen LogP contribution < -0.4 is 0 Å². The maximum atomic E-state index is 12.3. The number of likely N-dealkylation sites (tertiary alicyclic amines) is 1. The average molecular weight is 305 g/mol. The number of ether oxygens (including phenoxy) is 1. The van der Waals surface area contributed by atoms with Gasteiger partial charge in [-0.1, -0.05) is 0 Å². The van der Waals surface area contributed by atoms with E-state index in [2.05, 4.69) is 0 Å². The van der Waals surface area contributed by atoms with E-state index in [9.17, 15) is 13.2 Å². The van der Waals surface area contributed by atoms with E-state index < -0.39 is 15.7 Å². The van der Waals surface area contributed by atoms with Gasteiger partial charge in [-0.2, -0.15) is 8.42 Å².